The number of hydrogen-bond acceptors (Lipinski definition) is 4. The van der Waals surface area contributed by atoms with E-state index < -0.39 is 0 Å². The maximum absolute atomic E-state index is 9.48. The molecule has 7 heteroatoms. The standard InChI is InChI=1S/C17H24N4OS.HI/c1-4-18-17(20-11-16-21-12(2)13(3)23-16)19-9-8-14-6-5-7-15(22)10-14;/h5-7,10,22H,4,8-9,11H2,1-3H3,(H2,18,19,20);1H. The molecule has 0 atom stereocenters. The monoisotopic (exact) mass is 460 g/mol. The predicted molar refractivity (Wildman–Crippen MR) is 112 cm³/mol. The number of halogens is 1. The van der Waals surface area contributed by atoms with Crippen molar-refractivity contribution in [2.24, 2.45) is 4.99 Å². The van der Waals surface area contributed by atoms with Crippen LogP contribution < -0.4 is 10.6 Å². The van der Waals surface area contributed by atoms with E-state index in [0.717, 1.165) is 41.7 Å². The molecule has 3 N–H and O–H groups in total. The zero-order chi connectivity index (χ0) is 16.7. The number of phenolic OH excluding ortho intramolecular Hbond substituents is 1. The number of guanidine groups is 1. The quantitative estimate of drug-likeness (QED) is 0.351. The van der Waals surface area contributed by atoms with E-state index in [2.05, 4.69) is 27.5 Å². The van der Waals surface area contributed by atoms with Gasteiger partial charge in [-0.3, -0.25) is 0 Å². The average molecular weight is 460 g/mol. The minimum Gasteiger partial charge on any atom is -0.508 e. The first kappa shape index (κ1) is 20.7. The van der Waals surface area contributed by atoms with Gasteiger partial charge in [-0.05, 0) is 44.9 Å². The fourth-order valence-corrected chi connectivity index (χ4v) is 2.99. The largest absolute Gasteiger partial charge is 0.508 e. The lowest BCUT2D eigenvalue weighted by Crippen LogP contribution is -2.38. The van der Waals surface area contributed by atoms with Gasteiger partial charge in [0.2, 0.25) is 0 Å². The smallest absolute Gasteiger partial charge is 0.191 e. The van der Waals surface area contributed by atoms with Crippen molar-refractivity contribution in [3.63, 3.8) is 0 Å². The number of benzene rings is 1. The molecule has 0 aliphatic rings. The zero-order valence-corrected chi connectivity index (χ0v) is 17.4. The number of phenols is 1. The number of aliphatic imine (C=N–C) groups is 1. The van der Waals surface area contributed by atoms with Crippen LogP contribution in [0.3, 0.4) is 0 Å². The maximum Gasteiger partial charge on any atom is 0.191 e. The summed E-state index contributed by atoms with van der Waals surface area (Å²) in [6.45, 7) is 8.31. The van der Waals surface area contributed by atoms with Crippen molar-refractivity contribution in [2.75, 3.05) is 13.1 Å². The summed E-state index contributed by atoms with van der Waals surface area (Å²) >= 11 is 1.70. The lowest BCUT2D eigenvalue weighted by Gasteiger charge is -2.11. The molecule has 0 radical (unpaired) electrons. The summed E-state index contributed by atoms with van der Waals surface area (Å²) in [6, 6.07) is 7.33. The van der Waals surface area contributed by atoms with Crippen LogP contribution in [-0.4, -0.2) is 29.1 Å². The molecule has 0 saturated heterocycles. The molecule has 0 bridgehead atoms. The molecule has 1 aromatic heterocycles. The van der Waals surface area contributed by atoms with Crippen molar-refractivity contribution < 1.29 is 5.11 Å². The second-order valence-corrected chi connectivity index (χ2v) is 6.58. The molecule has 0 aliphatic carbocycles. The summed E-state index contributed by atoms with van der Waals surface area (Å²) in [6.07, 6.45) is 0.828. The normalized spacial score (nSPS) is 11.0. The highest BCUT2D eigenvalue weighted by Crippen LogP contribution is 2.17. The molecule has 2 rings (SSSR count). The van der Waals surface area contributed by atoms with E-state index >= 15 is 0 Å². The molecule has 5 nitrogen and oxygen atoms in total. The Bertz CT molecular complexity index is 653. The molecule has 0 aliphatic heterocycles. The molecule has 1 heterocycles. The van der Waals surface area contributed by atoms with E-state index in [1.54, 1.807) is 23.5 Å². The molecule has 24 heavy (non-hydrogen) atoms. The highest BCUT2D eigenvalue weighted by molar-refractivity contribution is 14.0. The second kappa shape index (κ2) is 10.5. The Morgan fingerprint density at radius 2 is 2.08 bits per heavy atom. The van der Waals surface area contributed by atoms with Gasteiger partial charge in [-0.1, -0.05) is 12.1 Å². The summed E-state index contributed by atoms with van der Waals surface area (Å²) in [7, 11) is 0. The molecule has 132 valence electrons. The summed E-state index contributed by atoms with van der Waals surface area (Å²) in [5, 5.41) is 17.1. The van der Waals surface area contributed by atoms with Gasteiger partial charge >= 0.3 is 0 Å². The Balaban J connectivity index is 0.00000288. The van der Waals surface area contributed by atoms with Crippen LogP contribution in [0.4, 0.5) is 0 Å². The van der Waals surface area contributed by atoms with Gasteiger partial charge in [-0.25, -0.2) is 9.98 Å². The Morgan fingerprint density at radius 1 is 1.29 bits per heavy atom. The molecule has 2 aromatic rings. The summed E-state index contributed by atoms with van der Waals surface area (Å²) in [4.78, 5) is 10.3. The number of nitrogens with zero attached hydrogens (tertiary/aromatic N) is 2. The Labute approximate surface area is 164 Å². The van der Waals surface area contributed by atoms with E-state index in [0.29, 0.717) is 12.3 Å². The van der Waals surface area contributed by atoms with E-state index in [1.807, 2.05) is 26.0 Å². The van der Waals surface area contributed by atoms with Crippen LogP contribution in [0, 0.1) is 13.8 Å². The van der Waals surface area contributed by atoms with Gasteiger partial charge in [0.25, 0.3) is 0 Å². The summed E-state index contributed by atoms with van der Waals surface area (Å²) < 4.78 is 0. The molecule has 1 aromatic carbocycles. The van der Waals surface area contributed by atoms with E-state index in [1.165, 1.54) is 4.88 Å². The minimum absolute atomic E-state index is 0. The van der Waals surface area contributed by atoms with Gasteiger partial charge in [0.05, 0.1) is 12.2 Å². The Kier molecular flexibility index (Phi) is 9.05. The molecular formula is C17H25IN4OS. The Hall–Kier alpha value is -1.35. The number of aryl methyl sites for hydroxylation is 2. The van der Waals surface area contributed by atoms with E-state index in [-0.39, 0.29) is 24.0 Å². The van der Waals surface area contributed by atoms with Gasteiger partial charge in [0, 0.05) is 18.0 Å². The topological polar surface area (TPSA) is 69.5 Å². The highest BCUT2D eigenvalue weighted by atomic mass is 127. The molecule has 0 unspecified atom stereocenters. The first-order valence-electron chi connectivity index (χ1n) is 7.81. The molecule has 0 amide bonds. The van der Waals surface area contributed by atoms with Crippen molar-refractivity contribution in [3.05, 3.63) is 45.4 Å². The van der Waals surface area contributed by atoms with Crippen LogP contribution in [0.2, 0.25) is 0 Å². The first-order chi connectivity index (χ1) is 11.1. The number of thiazole rings is 1. The molecule has 0 saturated carbocycles. The zero-order valence-electron chi connectivity index (χ0n) is 14.3. The first-order valence-corrected chi connectivity index (χ1v) is 8.63. The highest BCUT2D eigenvalue weighted by Gasteiger charge is 2.04. The number of hydrogen-bond donors (Lipinski definition) is 3. The van der Waals surface area contributed by atoms with Gasteiger partial charge in [-0.2, -0.15) is 0 Å². The van der Waals surface area contributed by atoms with Crippen molar-refractivity contribution in [3.8, 4) is 5.75 Å². The van der Waals surface area contributed by atoms with Crippen molar-refractivity contribution in [1.82, 2.24) is 15.6 Å². The molecule has 0 spiro atoms. The summed E-state index contributed by atoms with van der Waals surface area (Å²) in [5.41, 5.74) is 2.18. The predicted octanol–water partition coefficient (Wildman–Crippen LogP) is 3.38. The third-order valence-corrected chi connectivity index (χ3v) is 4.46. The fraction of sp³-hybridized carbons (Fsp3) is 0.412. The third-order valence-electron chi connectivity index (χ3n) is 3.41. The Morgan fingerprint density at radius 3 is 2.71 bits per heavy atom. The number of rotatable bonds is 6. The average Bonchev–Trinajstić information content (AvgIpc) is 2.83. The van der Waals surface area contributed by atoms with Crippen molar-refractivity contribution in [1.29, 1.82) is 0 Å². The molecule has 0 fully saturated rings. The van der Waals surface area contributed by atoms with Crippen LogP contribution in [0.25, 0.3) is 0 Å². The third kappa shape index (κ3) is 6.64. The number of aromatic hydroxyl groups is 1. The van der Waals surface area contributed by atoms with Gasteiger partial charge in [0.15, 0.2) is 5.96 Å². The van der Waals surface area contributed by atoms with Gasteiger partial charge in [-0.15, -0.1) is 35.3 Å². The van der Waals surface area contributed by atoms with Crippen molar-refractivity contribution in [2.45, 2.75) is 33.7 Å². The number of nitrogens with one attached hydrogen (secondary N) is 2. The van der Waals surface area contributed by atoms with Crippen LogP contribution in [-0.2, 0) is 13.0 Å². The minimum atomic E-state index is 0. The van der Waals surface area contributed by atoms with Crippen molar-refractivity contribution >= 4 is 41.3 Å². The summed E-state index contributed by atoms with van der Waals surface area (Å²) in [5.74, 6) is 1.09. The van der Waals surface area contributed by atoms with Gasteiger partial charge < -0.3 is 15.7 Å². The van der Waals surface area contributed by atoms with E-state index in [9.17, 15) is 5.11 Å². The van der Waals surface area contributed by atoms with Crippen LogP contribution in [0.15, 0.2) is 29.3 Å². The lowest BCUT2D eigenvalue weighted by atomic mass is 10.1. The lowest BCUT2D eigenvalue weighted by molar-refractivity contribution is 0.474. The number of aromatic nitrogens is 1. The SMILES string of the molecule is CCNC(=NCc1nc(C)c(C)s1)NCCc1cccc(O)c1.I. The second-order valence-electron chi connectivity index (χ2n) is 5.29. The fourth-order valence-electron chi connectivity index (χ4n) is 2.13. The maximum atomic E-state index is 9.48. The van der Waals surface area contributed by atoms with Crippen LogP contribution >= 0.6 is 35.3 Å². The molecular weight excluding hydrogens is 435 g/mol. The van der Waals surface area contributed by atoms with E-state index in [4.69, 9.17) is 0 Å². The van der Waals surface area contributed by atoms with Crippen LogP contribution in [0.1, 0.15) is 28.1 Å². The van der Waals surface area contributed by atoms with Gasteiger partial charge in [0.1, 0.15) is 10.8 Å². The van der Waals surface area contributed by atoms with Crippen LogP contribution in [0.5, 0.6) is 5.75 Å².